The van der Waals surface area contributed by atoms with E-state index in [1.165, 1.54) is 5.56 Å². The van der Waals surface area contributed by atoms with Crippen molar-refractivity contribution in [3.63, 3.8) is 0 Å². The Morgan fingerprint density at radius 1 is 1.36 bits per heavy atom. The van der Waals surface area contributed by atoms with Crippen molar-refractivity contribution in [3.05, 3.63) is 23.7 Å². The summed E-state index contributed by atoms with van der Waals surface area (Å²) in [5.41, 5.74) is 0.507. The van der Waals surface area contributed by atoms with Crippen molar-refractivity contribution in [2.45, 2.75) is 51.0 Å². The summed E-state index contributed by atoms with van der Waals surface area (Å²) in [6, 6.07) is 2.01. The van der Waals surface area contributed by atoms with Crippen LogP contribution >= 0.6 is 0 Å². The molecule has 0 spiro atoms. The Labute approximate surface area is 84.9 Å². The van der Waals surface area contributed by atoms with Crippen LogP contribution in [0.15, 0.2) is 16.7 Å². The highest BCUT2D eigenvalue weighted by molar-refractivity contribution is 5.21. The summed E-state index contributed by atoms with van der Waals surface area (Å²) in [5, 5.41) is 10.3. The summed E-state index contributed by atoms with van der Waals surface area (Å²) < 4.78 is 5.46. The lowest BCUT2D eigenvalue weighted by Gasteiger charge is -2.18. The zero-order valence-corrected chi connectivity index (χ0v) is 8.92. The summed E-state index contributed by atoms with van der Waals surface area (Å²) >= 11 is 0. The molecule has 1 aliphatic rings. The van der Waals surface area contributed by atoms with Crippen molar-refractivity contribution < 1.29 is 9.52 Å². The third-order valence-corrected chi connectivity index (χ3v) is 3.18. The van der Waals surface area contributed by atoms with E-state index in [0.717, 1.165) is 31.4 Å². The van der Waals surface area contributed by atoms with Crippen molar-refractivity contribution >= 4 is 0 Å². The molecule has 14 heavy (non-hydrogen) atoms. The summed E-state index contributed by atoms with van der Waals surface area (Å²) in [6.45, 7) is 4.26. The zero-order chi connectivity index (χ0) is 10.2. The molecular weight excluding hydrogens is 176 g/mol. The first kappa shape index (κ1) is 9.78. The third-order valence-electron chi connectivity index (χ3n) is 3.18. The topological polar surface area (TPSA) is 33.4 Å². The quantitative estimate of drug-likeness (QED) is 0.784. The van der Waals surface area contributed by atoms with Gasteiger partial charge in [0.2, 0.25) is 0 Å². The second-order valence-electron chi connectivity index (χ2n) is 4.64. The van der Waals surface area contributed by atoms with E-state index in [4.69, 9.17) is 4.42 Å². The van der Waals surface area contributed by atoms with Crippen LogP contribution in [0, 0.1) is 0 Å². The highest BCUT2D eigenvalue weighted by Crippen LogP contribution is 2.39. The average Bonchev–Trinajstić information content (AvgIpc) is 2.71. The molecule has 2 nitrogen and oxygen atoms in total. The number of hydrogen-bond donors (Lipinski definition) is 1. The fraction of sp³-hybridized carbons (Fsp3) is 0.667. The molecule has 1 heterocycles. The fourth-order valence-electron chi connectivity index (χ4n) is 2.10. The Kier molecular flexibility index (Phi) is 2.40. The highest BCUT2D eigenvalue weighted by atomic mass is 16.4. The number of hydrogen-bond acceptors (Lipinski definition) is 2. The monoisotopic (exact) mass is 194 g/mol. The van der Waals surface area contributed by atoms with E-state index >= 15 is 0 Å². The molecule has 0 bridgehead atoms. The third kappa shape index (κ3) is 1.59. The summed E-state index contributed by atoms with van der Waals surface area (Å²) in [7, 11) is 0. The maximum atomic E-state index is 10.3. The molecule has 0 unspecified atom stereocenters. The van der Waals surface area contributed by atoms with Crippen molar-refractivity contribution in [1.82, 2.24) is 0 Å². The number of aliphatic hydroxyl groups is 1. The molecule has 1 aromatic rings. The van der Waals surface area contributed by atoms with E-state index in [1.807, 2.05) is 6.07 Å². The normalized spacial score (nSPS) is 20.6. The van der Waals surface area contributed by atoms with Crippen LogP contribution in [0.4, 0.5) is 0 Å². The molecule has 2 rings (SSSR count). The van der Waals surface area contributed by atoms with E-state index in [0.29, 0.717) is 5.92 Å². The van der Waals surface area contributed by atoms with Crippen molar-refractivity contribution in [2.24, 2.45) is 0 Å². The van der Waals surface area contributed by atoms with E-state index in [2.05, 4.69) is 13.8 Å². The molecule has 0 atom stereocenters. The molecular formula is C12H18O2. The van der Waals surface area contributed by atoms with Gasteiger partial charge in [0.1, 0.15) is 11.4 Å². The fourth-order valence-corrected chi connectivity index (χ4v) is 2.10. The maximum Gasteiger partial charge on any atom is 0.135 e. The lowest BCUT2D eigenvalue weighted by molar-refractivity contribution is 0.0220. The van der Waals surface area contributed by atoms with E-state index < -0.39 is 5.60 Å². The predicted octanol–water partition coefficient (Wildman–Crippen LogP) is 3.16. The van der Waals surface area contributed by atoms with Gasteiger partial charge in [0.05, 0.1) is 6.26 Å². The lowest BCUT2D eigenvalue weighted by Crippen LogP contribution is -2.19. The molecule has 0 aromatic carbocycles. The van der Waals surface area contributed by atoms with Gasteiger partial charge in [0, 0.05) is 0 Å². The molecule has 0 aliphatic heterocycles. The van der Waals surface area contributed by atoms with Crippen LogP contribution in [0.1, 0.15) is 56.8 Å². The van der Waals surface area contributed by atoms with E-state index in [-0.39, 0.29) is 0 Å². The molecule has 0 saturated heterocycles. The van der Waals surface area contributed by atoms with Gasteiger partial charge in [-0.3, -0.25) is 0 Å². The van der Waals surface area contributed by atoms with Gasteiger partial charge in [-0.2, -0.15) is 0 Å². The standard InChI is InChI=1S/C12H18O2/c1-9(2)10-7-11(14-8-10)12(13)5-3-4-6-12/h7-9,13H,3-6H2,1-2H3. The first-order chi connectivity index (χ1) is 6.62. The minimum absolute atomic E-state index is 0.470. The SMILES string of the molecule is CC(C)c1coc(C2(O)CCCC2)c1. The van der Waals surface area contributed by atoms with Gasteiger partial charge in [0.15, 0.2) is 0 Å². The smallest absolute Gasteiger partial charge is 0.135 e. The largest absolute Gasteiger partial charge is 0.466 e. The van der Waals surface area contributed by atoms with Crippen LogP contribution in [-0.2, 0) is 5.60 Å². The molecule has 78 valence electrons. The molecule has 1 saturated carbocycles. The predicted molar refractivity (Wildman–Crippen MR) is 55.2 cm³/mol. The second kappa shape index (κ2) is 3.43. The van der Waals surface area contributed by atoms with Crippen molar-refractivity contribution in [1.29, 1.82) is 0 Å². The van der Waals surface area contributed by atoms with E-state index in [1.54, 1.807) is 6.26 Å². The van der Waals surface area contributed by atoms with Crippen LogP contribution in [0.2, 0.25) is 0 Å². The maximum absolute atomic E-state index is 10.3. The summed E-state index contributed by atoms with van der Waals surface area (Å²) in [4.78, 5) is 0. The van der Waals surface area contributed by atoms with Gasteiger partial charge in [-0.15, -0.1) is 0 Å². The van der Waals surface area contributed by atoms with Gasteiger partial charge in [-0.25, -0.2) is 0 Å². The molecule has 1 fully saturated rings. The van der Waals surface area contributed by atoms with Gasteiger partial charge < -0.3 is 9.52 Å². The van der Waals surface area contributed by atoms with Crippen LogP contribution < -0.4 is 0 Å². The Morgan fingerprint density at radius 2 is 2.00 bits per heavy atom. The Balaban J connectivity index is 2.23. The average molecular weight is 194 g/mol. The van der Waals surface area contributed by atoms with Gasteiger partial charge in [-0.05, 0) is 43.2 Å². The molecule has 0 amide bonds. The Bertz CT molecular complexity index is 306. The van der Waals surface area contributed by atoms with Crippen LogP contribution in [-0.4, -0.2) is 5.11 Å². The molecule has 2 heteroatoms. The van der Waals surface area contributed by atoms with Gasteiger partial charge >= 0.3 is 0 Å². The zero-order valence-electron chi connectivity index (χ0n) is 8.92. The Morgan fingerprint density at radius 3 is 2.50 bits per heavy atom. The van der Waals surface area contributed by atoms with Crippen molar-refractivity contribution in [3.8, 4) is 0 Å². The second-order valence-corrected chi connectivity index (χ2v) is 4.64. The van der Waals surface area contributed by atoms with Crippen LogP contribution in [0.25, 0.3) is 0 Å². The lowest BCUT2D eigenvalue weighted by atomic mass is 9.97. The highest BCUT2D eigenvalue weighted by Gasteiger charge is 2.36. The summed E-state index contributed by atoms with van der Waals surface area (Å²) in [6.07, 6.45) is 5.68. The first-order valence-corrected chi connectivity index (χ1v) is 5.43. The number of furan rings is 1. The van der Waals surface area contributed by atoms with Gasteiger partial charge in [-0.1, -0.05) is 13.8 Å². The Hall–Kier alpha value is -0.760. The van der Waals surface area contributed by atoms with Crippen LogP contribution in [0.3, 0.4) is 0 Å². The molecule has 1 N–H and O–H groups in total. The molecule has 1 aliphatic carbocycles. The van der Waals surface area contributed by atoms with Gasteiger partial charge in [0.25, 0.3) is 0 Å². The van der Waals surface area contributed by atoms with Crippen molar-refractivity contribution in [2.75, 3.05) is 0 Å². The van der Waals surface area contributed by atoms with E-state index in [9.17, 15) is 5.11 Å². The minimum atomic E-state index is -0.673. The minimum Gasteiger partial charge on any atom is -0.466 e. The number of rotatable bonds is 2. The summed E-state index contributed by atoms with van der Waals surface area (Å²) in [5.74, 6) is 1.23. The van der Waals surface area contributed by atoms with Crippen LogP contribution in [0.5, 0.6) is 0 Å². The molecule has 0 radical (unpaired) electrons. The molecule has 1 aromatic heterocycles. The first-order valence-electron chi connectivity index (χ1n) is 5.43.